The third kappa shape index (κ3) is 3.94. The molecule has 0 amide bonds. The number of benzene rings is 3. The van der Waals surface area contributed by atoms with Crippen molar-refractivity contribution in [1.82, 2.24) is 4.98 Å². The van der Waals surface area contributed by atoms with E-state index in [1.807, 2.05) is 61.5 Å². The Morgan fingerprint density at radius 3 is 2.30 bits per heavy atom. The van der Waals surface area contributed by atoms with Gasteiger partial charge in [0.05, 0.1) is 28.4 Å². The minimum absolute atomic E-state index is 0.187. The zero-order valence-corrected chi connectivity index (χ0v) is 18.2. The molecule has 0 atom stereocenters. The molecular weight excluding hydrogens is 416 g/mol. The number of aromatic nitrogens is 1. The van der Waals surface area contributed by atoms with E-state index in [0.29, 0.717) is 10.9 Å². The average molecular weight is 437 g/mol. The Labute approximate surface area is 179 Å². The molecule has 0 bridgehead atoms. The molecule has 30 heavy (non-hydrogen) atoms. The highest BCUT2D eigenvalue weighted by Crippen LogP contribution is 2.34. The number of thiazole rings is 1. The molecule has 5 nitrogen and oxygen atoms in total. The summed E-state index contributed by atoms with van der Waals surface area (Å²) in [7, 11) is -2.39. The number of aryl methyl sites for hydroxylation is 1. The number of anilines is 1. The lowest BCUT2D eigenvalue weighted by atomic mass is 10.2. The molecule has 4 aromatic rings. The third-order valence-corrected chi connectivity index (χ3v) is 7.38. The van der Waals surface area contributed by atoms with Crippen LogP contribution in [0.4, 0.5) is 5.13 Å². The molecule has 0 saturated carbocycles. The molecule has 4 rings (SSSR count). The number of rotatable bonds is 6. The Bertz CT molecular complexity index is 1260. The number of fused-ring (bicyclic) bond motifs is 1. The molecule has 152 valence electrons. The topological polar surface area (TPSA) is 59.5 Å². The van der Waals surface area contributed by atoms with Crippen LogP contribution in [-0.4, -0.2) is 20.5 Å². The summed E-state index contributed by atoms with van der Waals surface area (Å²) in [5.74, 6) is 0.422. The molecular formula is C23H20N2O3S2. The van der Waals surface area contributed by atoms with Crippen LogP contribution in [0.15, 0.2) is 90.0 Å². The van der Waals surface area contributed by atoms with Gasteiger partial charge in [-0.05, 0) is 31.2 Å². The Morgan fingerprint density at radius 2 is 1.63 bits per heavy atom. The highest BCUT2D eigenvalue weighted by molar-refractivity contribution is 7.93. The van der Waals surface area contributed by atoms with E-state index in [4.69, 9.17) is 4.74 Å². The second-order valence-corrected chi connectivity index (χ2v) is 9.47. The SMILES string of the molecule is CO/C(=C\N(c1nc2ccccc2s1)S(=O)(=O)c1ccc(C)cc1)c1ccccc1. The van der Waals surface area contributed by atoms with Crippen LogP contribution >= 0.6 is 11.3 Å². The fourth-order valence-electron chi connectivity index (χ4n) is 2.96. The van der Waals surface area contributed by atoms with Crippen molar-refractivity contribution in [2.45, 2.75) is 11.8 Å². The number of hydrogen-bond acceptors (Lipinski definition) is 5. The first kappa shape index (κ1) is 20.1. The summed E-state index contributed by atoms with van der Waals surface area (Å²) in [5.41, 5.74) is 2.50. The number of ether oxygens (including phenoxy) is 1. The van der Waals surface area contributed by atoms with Crippen LogP contribution < -0.4 is 4.31 Å². The van der Waals surface area contributed by atoms with Crippen molar-refractivity contribution in [3.8, 4) is 0 Å². The van der Waals surface area contributed by atoms with E-state index < -0.39 is 10.0 Å². The number of methoxy groups -OCH3 is 1. The molecule has 1 aromatic heterocycles. The molecule has 0 saturated heterocycles. The fraction of sp³-hybridized carbons (Fsp3) is 0.0870. The first-order valence-corrected chi connectivity index (χ1v) is 11.5. The van der Waals surface area contributed by atoms with Gasteiger partial charge < -0.3 is 4.74 Å². The van der Waals surface area contributed by atoms with Gasteiger partial charge in [-0.2, -0.15) is 0 Å². The predicted octanol–water partition coefficient (Wildman–Crippen LogP) is 5.45. The molecule has 1 heterocycles. The highest BCUT2D eigenvalue weighted by atomic mass is 32.2. The standard InChI is InChI=1S/C23H20N2O3S2/c1-17-12-14-19(15-13-17)30(26,27)25(16-21(28-2)18-8-4-3-5-9-18)23-24-20-10-6-7-11-22(20)29-23/h3-16H,1-2H3/b21-16-. The third-order valence-electron chi connectivity index (χ3n) is 4.56. The van der Waals surface area contributed by atoms with E-state index in [1.54, 1.807) is 24.3 Å². The summed E-state index contributed by atoms with van der Waals surface area (Å²) in [5, 5.41) is 0.349. The maximum atomic E-state index is 13.6. The van der Waals surface area contributed by atoms with Gasteiger partial charge in [-0.15, -0.1) is 0 Å². The van der Waals surface area contributed by atoms with Crippen LogP contribution in [0.3, 0.4) is 0 Å². The zero-order chi connectivity index (χ0) is 21.1. The molecule has 0 aliphatic carbocycles. The Balaban J connectivity index is 1.90. The normalized spacial score (nSPS) is 12.1. The van der Waals surface area contributed by atoms with Gasteiger partial charge in [-0.25, -0.2) is 17.7 Å². The molecule has 7 heteroatoms. The van der Waals surface area contributed by atoms with Crippen LogP contribution in [0, 0.1) is 6.92 Å². The van der Waals surface area contributed by atoms with Crippen molar-refractivity contribution in [3.63, 3.8) is 0 Å². The minimum atomic E-state index is -3.91. The van der Waals surface area contributed by atoms with E-state index in [9.17, 15) is 8.42 Å². The van der Waals surface area contributed by atoms with Gasteiger partial charge in [0.1, 0.15) is 5.76 Å². The summed E-state index contributed by atoms with van der Waals surface area (Å²) >= 11 is 1.31. The van der Waals surface area contributed by atoms with Crippen LogP contribution in [0.1, 0.15) is 11.1 Å². The van der Waals surface area contributed by atoms with Crippen molar-refractivity contribution in [2.24, 2.45) is 0 Å². The van der Waals surface area contributed by atoms with Crippen molar-refractivity contribution in [3.05, 3.63) is 96.2 Å². The van der Waals surface area contributed by atoms with Gasteiger partial charge in [-0.1, -0.05) is 71.5 Å². The Morgan fingerprint density at radius 1 is 0.967 bits per heavy atom. The lowest BCUT2D eigenvalue weighted by molar-refractivity contribution is 0.369. The average Bonchev–Trinajstić information content (AvgIpc) is 3.19. The number of nitrogens with zero attached hydrogens (tertiary/aromatic N) is 2. The summed E-state index contributed by atoms with van der Waals surface area (Å²) in [6.45, 7) is 1.92. The molecule has 0 aliphatic rings. The lowest BCUT2D eigenvalue weighted by Gasteiger charge is -2.19. The molecule has 0 unspecified atom stereocenters. The van der Waals surface area contributed by atoms with E-state index in [-0.39, 0.29) is 4.90 Å². The maximum Gasteiger partial charge on any atom is 0.270 e. The highest BCUT2D eigenvalue weighted by Gasteiger charge is 2.27. The van der Waals surface area contributed by atoms with Crippen molar-refractivity contribution in [2.75, 3.05) is 11.4 Å². The summed E-state index contributed by atoms with van der Waals surface area (Å²) < 4.78 is 34.8. The fourth-order valence-corrected chi connectivity index (χ4v) is 5.40. The Kier molecular flexibility index (Phi) is 5.57. The summed E-state index contributed by atoms with van der Waals surface area (Å²) in [4.78, 5) is 4.76. The lowest BCUT2D eigenvalue weighted by Crippen LogP contribution is -2.26. The van der Waals surface area contributed by atoms with E-state index >= 15 is 0 Å². The van der Waals surface area contributed by atoms with Gasteiger partial charge in [0.2, 0.25) is 5.13 Å². The van der Waals surface area contributed by atoms with Crippen molar-refractivity contribution in [1.29, 1.82) is 0 Å². The van der Waals surface area contributed by atoms with Gasteiger partial charge in [0, 0.05) is 5.56 Å². The van der Waals surface area contributed by atoms with Crippen LogP contribution in [0.2, 0.25) is 0 Å². The second kappa shape index (κ2) is 8.30. The number of para-hydroxylation sites is 1. The van der Waals surface area contributed by atoms with Gasteiger partial charge >= 0.3 is 0 Å². The molecule has 3 aromatic carbocycles. The van der Waals surface area contributed by atoms with E-state index in [0.717, 1.165) is 21.3 Å². The monoisotopic (exact) mass is 436 g/mol. The first-order chi connectivity index (χ1) is 14.5. The Hall–Kier alpha value is -3.16. The van der Waals surface area contributed by atoms with Crippen LogP contribution in [0.5, 0.6) is 0 Å². The van der Waals surface area contributed by atoms with Crippen LogP contribution in [-0.2, 0) is 14.8 Å². The van der Waals surface area contributed by atoms with Gasteiger partial charge in [0.25, 0.3) is 10.0 Å². The predicted molar refractivity (Wildman–Crippen MR) is 122 cm³/mol. The smallest absolute Gasteiger partial charge is 0.270 e. The molecule has 0 radical (unpaired) electrons. The summed E-state index contributed by atoms with van der Waals surface area (Å²) in [6, 6.07) is 23.7. The first-order valence-electron chi connectivity index (χ1n) is 9.27. The quantitative estimate of drug-likeness (QED) is 0.377. The molecule has 0 fully saturated rings. The number of hydrogen-bond donors (Lipinski definition) is 0. The van der Waals surface area contributed by atoms with Gasteiger partial charge in [-0.3, -0.25) is 0 Å². The van der Waals surface area contributed by atoms with Crippen LogP contribution in [0.25, 0.3) is 16.0 Å². The molecule has 0 spiro atoms. The van der Waals surface area contributed by atoms with Crippen molar-refractivity contribution < 1.29 is 13.2 Å². The molecule has 0 N–H and O–H groups in total. The van der Waals surface area contributed by atoms with Crippen molar-refractivity contribution >= 4 is 42.5 Å². The second-order valence-electron chi connectivity index (χ2n) is 6.64. The maximum absolute atomic E-state index is 13.6. The van der Waals surface area contributed by atoms with Gasteiger partial charge in [0.15, 0.2) is 0 Å². The van der Waals surface area contributed by atoms with E-state index in [1.165, 1.54) is 29.0 Å². The zero-order valence-electron chi connectivity index (χ0n) is 16.5. The molecule has 0 aliphatic heterocycles. The number of sulfonamides is 1. The van der Waals surface area contributed by atoms with E-state index in [2.05, 4.69) is 4.98 Å². The minimum Gasteiger partial charge on any atom is -0.495 e. The largest absolute Gasteiger partial charge is 0.495 e. The summed E-state index contributed by atoms with van der Waals surface area (Å²) in [6.07, 6.45) is 1.49.